The molecule has 0 aliphatic carbocycles. The third-order valence-electron chi connectivity index (χ3n) is 2.80. The molecule has 1 fully saturated rings. The van der Waals surface area contributed by atoms with Crippen molar-refractivity contribution < 1.29 is 18.7 Å². The van der Waals surface area contributed by atoms with Gasteiger partial charge in [0.05, 0.1) is 12.8 Å². The zero-order valence-corrected chi connectivity index (χ0v) is 9.48. The molecule has 0 atom stereocenters. The third kappa shape index (κ3) is 2.41. The monoisotopic (exact) mass is 240 g/mol. The molecule has 0 unspecified atom stereocenters. The lowest BCUT2D eigenvalue weighted by Gasteiger charge is -2.21. The maximum Gasteiger partial charge on any atom is 0.359 e. The van der Waals surface area contributed by atoms with Gasteiger partial charge in [-0.2, -0.15) is 0 Å². The Morgan fingerprint density at radius 2 is 2.18 bits per heavy atom. The molecule has 1 aliphatic heterocycles. The van der Waals surface area contributed by atoms with Crippen molar-refractivity contribution in [3.05, 3.63) is 23.5 Å². The van der Waals surface area contributed by atoms with Crippen LogP contribution in [0.5, 0.6) is 0 Å². The normalized spacial score (nSPS) is 16.8. The highest BCUT2D eigenvalue weighted by molar-refractivity contribution is 5.87. The Kier molecular flexibility index (Phi) is 3.63. The van der Waals surface area contributed by atoms with E-state index in [0.29, 0.717) is 26.1 Å². The summed E-state index contributed by atoms with van der Waals surface area (Å²) in [6, 6.07) is 0. The molecular formula is C11H13FN2O3. The van der Waals surface area contributed by atoms with Gasteiger partial charge in [0.25, 0.3) is 0 Å². The first kappa shape index (κ1) is 11.9. The Balaban J connectivity index is 2.31. The Labute approximate surface area is 98.0 Å². The summed E-state index contributed by atoms with van der Waals surface area (Å²) in [7, 11) is 1.19. The topological polar surface area (TPSA) is 61.3 Å². The summed E-state index contributed by atoms with van der Waals surface area (Å²) in [6.45, 7) is 1.17. The summed E-state index contributed by atoms with van der Waals surface area (Å²) in [5.41, 5.74) is -0.0207. The van der Waals surface area contributed by atoms with E-state index in [1.807, 2.05) is 0 Å². The number of ether oxygens (including phenoxy) is 2. The van der Waals surface area contributed by atoms with Gasteiger partial charge in [0.2, 0.25) is 0 Å². The van der Waals surface area contributed by atoms with Crippen LogP contribution in [0.1, 0.15) is 34.9 Å². The van der Waals surface area contributed by atoms with Crippen molar-refractivity contribution in [3.8, 4) is 0 Å². The summed E-state index contributed by atoms with van der Waals surface area (Å²) in [6.07, 6.45) is 2.60. The van der Waals surface area contributed by atoms with Gasteiger partial charge in [-0.1, -0.05) is 0 Å². The first-order chi connectivity index (χ1) is 8.24. The van der Waals surface area contributed by atoms with Crippen molar-refractivity contribution in [3.63, 3.8) is 0 Å². The van der Waals surface area contributed by atoms with Crippen LogP contribution in [0.3, 0.4) is 0 Å². The lowest BCUT2D eigenvalue weighted by molar-refractivity contribution is 0.0586. The zero-order chi connectivity index (χ0) is 12.3. The molecule has 6 heteroatoms. The van der Waals surface area contributed by atoms with Crippen molar-refractivity contribution in [2.24, 2.45) is 0 Å². The SMILES string of the molecule is COC(=O)c1ncnc(C2CCOCC2)c1F. The first-order valence-corrected chi connectivity index (χ1v) is 5.40. The molecule has 2 rings (SSSR count). The second-order valence-corrected chi connectivity index (χ2v) is 3.80. The highest BCUT2D eigenvalue weighted by Crippen LogP contribution is 2.27. The summed E-state index contributed by atoms with van der Waals surface area (Å²) in [5, 5.41) is 0. The highest BCUT2D eigenvalue weighted by atomic mass is 19.1. The van der Waals surface area contributed by atoms with Crippen molar-refractivity contribution >= 4 is 5.97 Å². The van der Waals surface area contributed by atoms with Crippen LogP contribution in [0.2, 0.25) is 0 Å². The average molecular weight is 240 g/mol. The molecule has 92 valence electrons. The maximum absolute atomic E-state index is 14.0. The standard InChI is InChI=1S/C11H13FN2O3/c1-16-11(15)10-8(12)9(13-6-14-10)7-2-4-17-5-3-7/h6-7H,2-5H2,1H3. The van der Waals surface area contributed by atoms with E-state index in [1.54, 1.807) is 0 Å². The van der Waals surface area contributed by atoms with E-state index in [4.69, 9.17) is 4.74 Å². The van der Waals surface area contributed by atoms with E-state index in [2.05, 4.69) is 14.7 Å². The number of hydrogen-bond acceptors (Lipinski definition) is 5. The van der Waals surface area contributed by atoms with Crippen LogP contribution in [0.15, 0.2) is 6.33 Å². The molecule has 2 heterocycles. The van der Waals surface area contributed by atoms with Gasteiger partial charge in [0, 0.05) is 19.1 Å². The number of halogens is 1. The molecule has 1 saturated heterocycles. The molecule has 0 saturated carbocycles. The van der Waals surface area contributed by atoms with Crippen LogP contribution in [-0.4, -0.2) is 36.3 Å². The van der Waals surface area contributed by atoms with Crippen LogP contribution in [0, 0.1) is 5.82 Å². The van der Waals surface area contributed by atoms with E-state index in [9.17, 15) is 9.18 Å². The quantitative estimate of drug-likeness (QED) is 0.729. The van der Waals surface area contributed by atoms with Gasteiger partial charge in [-0.15, -0.1) is 0 Å². The molecule has 1 aromatic rings. The predicted molar refractivity (Wildman–Crippen MR) is 56.1 cm³/mol. The number of aromatic nitrogens is 2. The Bertz CT molecular complexity index is 419. The van der Waals surface area contributed by atoms with E-state index >= 15 is 0 Å². The van der Waals surface area contributed by atoms with Gasteiger partial charge in [0.15, 0.2) is 11.5 Å². The molecule has 17 heavy (non-hydrogen) atoms. The summed E-state index contributed by atoms with van der Waals surface area (Å²) >= 11 is 0. The maximum atomic E-state index is 14.0. The van der Waals surface area contributed by atoms with Gasteiger partial charge in [-0.25, -0.2) is 19.2 Å². The molecule has 0 N–H and O–H groups in total. The Morgan fingerprint density at radius 3 is 2.82 bits per heavy atom. The molecule has 0 spiro atoms. The van der Waals surface area contributed by atoms with Crippen LogP contribution >= 0.6 is 0 Å². The van der Waals surface area contributed by atoms with Crippen LogP contribution < -0.4 is 0 Å². The number of methoxy groups -OCH3 is 1. The van der Waals surface area contributed by atoms with E-state index in [1.165, 1.54) is 13.4 Å². The molecule has 1 aliphatic rings. The van der Waals surface area contributed by atoms with Gasteiger partial charge >= 0.3 is 5.97 Å². The largest absolute Gasteiger partial charge is 0.464 e. The lowest BCUT2D eigenvalue weighted by atomic mass is 9.95. The van der Waals surface area contributed by atoms with E-state index in [0.717, 1.165) is 0 Å². The molecule has 0 bridgehead atoms. The fourth-order valence-electron chi connectivity index (χ4n) is 1.88. The minimum atomic E-state index is -0.779. The van der Waals surface area contributed by atoms with Crippen LogP contribution in [0.4, 0.5) is 4.39 Å². The van der Waals surface area contributed by atoms with E-state index in [-0.39, 0.29) is 17.3 Å². The molecule has 0 amide bonds. The zero-order valence-electron chi connectivity index (χ0n) is 9.48. The van der Waals surface area contributed by atoms with Gasteiger partial charge in [-0.05, 0) is 12.8 Å². The van der Waals surface area contributed by atoms with E-state index < -0.39 is 11.8 Å². The molecule has 1 aromatic heterocycles. The number of hydrogen-bond donors (Lipinski definition) is 0. The Hall–Kier alpha value is -1.56. The average Bonchev–Trinajstić information content (AvgIpc) is 2.39. The first-order valence-electron chi connectivity index (χ1n) is 5.40. The number of nitrogens with zero attached hydrogens (tertiary/aromatic N) is 2. The van der Waals surface area contributed by atoms with Crippen molar-refractivity contribution in [2.75, 3.05) is 20.3 Å². The fraction of sp³-hybridized carbons (Fsp3) is 0.545. The number of rotatable bonds is 2. The van der Waals surface area contributed by atoms with Crippen molar-refractivity contribution in [1.29, 1.82) is 0 Å². The van der Waals surface area contributed by atoms with Gasteiger partial charge in [0.1, 0.15) is 6.33 Å². The number of carbonyl (C=O) groups excluding carboxylic acids is 1. The highest BCUT2D eigenvalue weighted by Gasteiger charge is 2.25. The molecule has 5 nitrogen and oxygen atoms in total. The molecule has 0 aromatic carbocycles. The minimum Gasteiger partial charge on any atom is -0.464 e. The predicted octanol–water partition coefficient (Wildman–Crippen LogP) is 1.30. The van der Waals surface area contributed by atoms with Crippen molar-refractivity contribution in [1.82, 2.24) is 9.97 Å². The fourth-order valence-corrected chi connectivity index (χ4v) is 1.88. The summed E-state index contributed by atoms with van der Waals surface area (Å²) in [4.78, 5) is 18.8. The lowest BCUT2D eigenvalue weighted by Crippen LogP contribution is -2.19. The van der Waals surface area contributed by atoms with Gasteiger partial charge in [-0.3, -0.25) is 0 Å². The minimum absolute atomic E-state index is 0.0184. The van der Waals surface area contributed by atoms with Crippen LogP contribution in [0.25, 0.3) is 0 Å². The summed E-state index contributed by atoms with van der Waals surface area (Å²) in [5.74, 6) is -1.47. The molecule has 0 radical (unpaired) electrons. The number of carbonyl (C=O) groups is 1. The summed E-state index contributed by atoms with van der Waals surface area (Å²) < 4.78 is 23.7. The van der Waals surface area contributed by atoms with Gasteiger partial charge < -0.3 is 9.47 Å². The number of esters is 1. The van der Waals surface area contributed by atoms with Crippen molar-refractivity contribution in [2.45, 2.75) is 18.8 Å². The smallest absolute Gasteiger partial charge is 0.359 e. The molecular weight excluding hydrogens is 227 g/mol. The third-order valence-corrected chi connectivity index (χ3v) is 2.80. The van der Waals surface area contributed by atoms with Crippen LogP contribution in [-0.2, 0) is 9.47 Å². The second-order valence-electron chi connectivity index (χ2n) is 3.80. The Morgan fingerprint density at radius 1 is 1.47 bits per heavy atom. The second kappa shape index (κ2) is 5.18.